The molecule has 108 valence electrons. The maximum Gasteiger partial charge on any atom is 0.325 e. The molecule has 0 aliphatic carbocycles. The fourth-order valence-electron chi connectivity index (χ4n) is 1.33. The molecule has 1 rings (SSSR count). The first-order chi connectivity index (χ1) is 9.38. The Kier molecular flexibility index (Phi) is 5.52. The van der Waals surface area contributed by atoms with Crippen LogP contribution in [0.25, 0.3) is 0 Å². The number of carboxylic acid groups (broad SMARTS) is 1. The van der Waals surface area contributed by atoms with E-state index in [2.05, 4.69) is 16.0 Å². The molecule has 0 bridgehead atoms. The third kappa shape index (κ3) is 5.38. The van der Waals surface area contributed by atoms with Gasteiger partial charge in [-0.3, -0.25) is 9.59 Å². The molecule has 0 aliphatic heterocycles. The van der Waals surface area contributed by atoms with Gasteiger partial charge in [0.05, 0.1) is 6.54 Å². The molecule has 1 atom stereocenters. The normalized spacial score (nSPS) is 11.3. The van der Waals surface area contributed by atoms with Gasteiger partial charge in [0.25, 0.3) is 0 Å². The monoisotopic (exact) mass is 279 g/mol. The van der Waals surface area contributed by atoms with Crippen molar-refractivity contribution in [2.24, 2.45) is 0 Å². The third-order valence-corrected chi connectivity index (χ3v) is 2.47. The van der Waals surface area contributed by atoms with Crippen molar-refractivity contribution in [3.63, 3.8) is 0 Å². The summed E-state index contributed by atoms with van der Waals surface area (Å²) >= 11 is 0. The number of carbonyl (C=O) groups excluding carboxylic acids is 2. The van der Waals surface area contributed by atoms with Crippen LogP contribution in [0.2, 0.25) is 0 Å². The highest BCUT2D eigenvalue weighted by Gasteiger charge is 2.14. The maximum atomic E-state index is 11.5. The van der Waals surface area contributed by atoms with Gasteiger partial charge in [0.15, 0.2) is 0 Å². The molecule has 0 unspecified atom stereocenters. The molecule has 3 amide bonds. The Morgan fingerprint density at radius 3 is 2.35 bits per heavy atom. The van der Waals surface area contributed by atoms with E-state index in [1.165, 1.54) is 6.92 Å². The Balaban J connectivity index is 2.34. The number of rotatable bonds is 5. The number of benzene rings is 1. The van der Waals surface area contributed by atoms with Crippen LogP contribution in [0.4, 0.5) is 10.5 Å². The lowest BCUT2D eigenvalue weighted by Crippen LogP contribution is -2.44. The second-order valence-corrected chi connectivity index (χ2v) is 4.30. The molecular formula is C13H17N3O4. The number of anilines is 1. The lowest BCUT2D eigenvalue weighted by molar-refractivity contribution is -0.141. The third-order valence-electron chi connectivity index (χ3n) is 2.47. The summed E-state index contributed by atoms with van der Waals surface area (Å²) in [6.45, 7) is 2.97. The van der Waals surface area contributed by atoms with Gasteiger partial charge in [-0.1, -0.05) is 17.7 Å². The van der Waals surface area contributed by atoms with Crippen LogP contribution >= 0.6 is 0 Å². The number of carbonyl (C=O) groups is 3. The fourth-order valence-corrected chi connectivity index (χ4v) is 1.33. The van der Waals surface area contributed by atoms with E-state index < -0.39 is 23.9 Å². The largest absolute Gasteiger partial charge is 0.480 e. The summed E-state index contributed by atoms with van der Waals surface area (Å²) in [6.07, 6.45) is 0. The fraction of sp³-hybridized carbons (Fsp3) is 0.308. The van der Waals surface area contributed by atoms with E-state index in [0.29, 0.717) is 5.69 Å². The van der Waals surface area contributed by atoms with E-state index >= 15 is 0 Å². The molecule has 0 heterocycles. The summed E-state index contributed by atoms with van der Waals surface area (Å²) in [5.41, 5.74) is 1.67. The van der Waals surface area contributed by atoms with Gasteiger partial charge in [0, 0.05) is 5.69 Å². The molecule has 0 fully saturated rings. The van der Waals surface area contributed by atoms with Crippen molar-refractivity contribution in [3.05, 3.63) is 29.8 Å². The average molecular weight is 279 g/mol. The van der Waals surface area contributed by atoms with E-state index in [1.54, 1.807) is 12.1 Å². The molecule has 7 heteroatoms. The zero-order chi connectivity index (χ0) is 15.1. The van der Waals surface area contributed by atoms with Crippen LogP contribution in [0, 0.1) is 6.92 Å². The average Bonchev–Trinajstić information content (AvgIpc) is 2.39. The summed E-state index contributed by atoms with van der Waals surface area (Å²) in [4.78, 5) is 33.4. The molecule has 7 nitrogen and oxygen atoms in total. The van der Waals surface area contributed by atoms with Gasteiger partial charge in [-0.05, 0) is 26.0 Å². The number of aliphatic carboxylic acids is 1. The van der Waals surface area contributed by atoms with Crippen LogP contribution < -0.4 is 16.0 Å². The van der Waals surface area contributed by atoms with Gasteiger partial charge in [0.1, 0.15) is 6.04 Å². The van der Waals surface area contributed by atoms with Gasteiger partial charge in [0.2, 0.25) is 5.91 Å². The van der Waals surface area contributed by atoms with Crippen molar-refractivity contribution in [2.75, 3.05) is 11.9 Å². The second-order valence-electron chi connectivity index (χ2n) is 4.30. The molecule has 0 saturated carbocycles. The van der Waals surface area contributed by atoms with E-state index in [4.69, 9.17) is 5.11 Å². The van der Waals surface area contributed by atoms with Crippen LogP contribution in [0.3, 0.4) is 0 Å². The van der Waals surface area contributed by atoms with Gasteiger partial charge in [-0.2, -0.15) is 0 Å². The minimum absolute atomic E-state index is 0.296. The van der Waals surface area contributed by atoms with E-state index in [-0.39, 0.29) is 6.54 Å². The first-order valence-corrected chi connectivity index (χ1v) is 6.02. The number of amides is 3. The van der Waals surface area contributed by atoms with Crippen molar-refractivity contribution in [2.45, 2.75) is 19.9 Å². The predicted octanol–water partition coefficient (Wildman–Crippen LogP) is 0.706. The molecule has 0 aliphatic rings. The topological polar surface area (TPSA) is 108 Å². The van der Waals surface area contributed by atoms with Crippen LogP contribution in [-0.2, 0) is 9.59 Å². The van der Waals surface area contributed by atoms with Crippen LogP contribution in [0.1, 0.15) is 12.5 Å². The summed E-state index contributed by atoms with van der Waals surface area (Å²) in [5, 5.41) is 15.7. The molecule has 1 aromatic rings. The lowest BCUT2D eigenvalue weighted by atomic mass is 10.2. The van der Waals surface area contributed by atoms with Crippen molar-refractivity contribution >= 4 is 23.6 Å². The summed E-state index contributed by atoms with van der Waals surface area (Å²) in [5.74, 6) is -1.71. The number of aryl methyl sites for hydroxylation is 1. The van der Waals surface area contributed by atoms with Gasteiger partial charge >= 0.3 is 12.0 Å². The highest BCUT2D eigenvalue weighted by Crippen LogP contribution is 2.07. The first-order valence-electron chi connectivity index (χ1n) is 6.02. The van der Waals surface area contributed by atoms with Crippen molar-refractivity contribution in [3.8, 4) is 0 Å². The zero-order valence-corrected chi connectivity index (χ0v) is 11.3. The minimum Gasteiger partial charge on any atom is -0.480 e. The molecular weight excluding hydrogens is 262 g/mol. The summed E-state index contributed by atoms with van der Waals surface area (Å²) in [7, 11) is 0. The molecule has 0 saturated heterocycles. The van der Waals surface area contributed by atoms with E-state index in [1.807, 2.05) is 19.1 Å². The maximum absolute atomic E-state index is 11.5. The van der Waals surface area contributed by atoms with Crippen molar-refractivity contribution in [1.82, 2.24) is 10.6 Å². The number of hydrogen-bond acceptors (Lipinski definition) is 3. The zero-order valence-electron chi connectivity index (χ0n) is 11.3. The van der Waals surface area contributed by atoms with Crippen LogP contribution in [-0.4, -0.2) is 35.6 Å². The number of hydrogen-bond donors (Lipinski definition) is 4. The van der Waals surface area contributed by atoms with Gasteiger partial charge in [-0.15, -0.1) is 0 Å². The molecule has 0 aromatic heterocycles. The van der Waals surface area contributed by atoms with Crippen LogP contribution in [0.5, 0.6) is 0 Å². The number of nitrogens with one attached hydrogen (secondary N) is 3. The van der Waals surface area contributed by atoms with Crippen molar-refractivity contribution < 1.29 is 19.5 Å². The molecule has 20 heavy (non-hydrogen) atoms. The molecule has 4 N–H and O–H groups in total. The lowest BCUT2D eigenvalue weighted by Gasteiger charge is -2.10. The Hall–Kier alpha value is -2.57. The van der Waals surface area contributed by atoms with E-state index in [0.717, 1.165) is 5.56 Å². The standard InChI is InChI=1S/C13H17N3O4/c1-8-3-5-10(6-4-8)16-13(20)14-7-11(17)15-9(2)12(18)19/h3-6,9H,7H2,1-2H3,(H,15,17)(H,18,19)(H2,14,16,20)/t9-/m0/s1. The Bertz CT molecular complexity index is 499. The Labute approximate surface area is 116 Å². The van der Waals surface area contributed by atoms with Crippen molar-refractivity contribution in [1.29, 1.82) is 0 Å². The highest BCUT2D eigenvalue weighted by atomic mass is 16.4. The predicted molar refractivity (Wildman–Crippen MR) is 73.4 cm³/mol. The highest BCUT2D eigenvalue weighted by molar-refractivity contribution is 5.93. The minimum atomic E-state index is -1.14. The Morgan fingerprint density at radius 2 is 1.80 bits per heavy atom. The Morgan fingerprint density at radius 1 is 1.20 bits per heavy atom. The second kappa shape index (κ2) is 7.13. The molecule has 1 aromatic carbocycles. The smallest absolute Gasteiger partial charge is 0.325 e. The molecule has 0 radical (unpaired) electrons. The first kappa shape index (κ1) is 15.5. The SMILES string of the molecule is Cc1ccc(NC(=O)NCC(=O)N[C@@H](C)C(=O)O)cc1. The van der Waals surface area contributed by atoms with Crippen LogP contribution in [0.15, 0.2) is 24.3 Å². The number of carboxylic acids is 1. The summed E-state index contributed by atoms with van der Waals surface area (Å²) in [6, 6.07) is 5.63. The molecule has 0 spiro atoms. The van der Waals surface area contributed by atoms with E-state index in [9.17, 15) is 14.4 Å². The van der Waals surface area contributed by atoms with Gasteiger partial charge < -0.3 is 21.1 Å². The number of urea groups is 1. The van der Waals surface area contributed by atoms with Gasteiger partial charge in [-0.25, -0.2) is 4.79 Å². The quantitative estimate of drug-likeness (QED) is 0.636. The summed E-state index contributed by atoms with van der Waals surface area (Å²) < 4.78 is 0.